The number of carbonyl (C=O) groups is 1. The summed E-state index contributed by atoms with van der Waals surface area (Å²) in [5.41, 5.74) is 0.288. The highest BCUT2D eigenvalue weighted by Gasteiger charge is 2.41. The quantitative estimate of drug-likeness (QED) is 0.813. The van der Waals surface area contributed by atoms with Crippen molar-refractivity contribution in [2.24, 2.45) is 5.41 Å². The van der Waals surface area contributed by atoms with E-state index in [-0.39, 0.29) is 17.9 Å². The topological polar surface area (TPSA) is 38.3 Å². The van der Waals surface area contributed by atoms with E-state index in [1.165, 1.54) is 12.8 Å². The molecular weight excluding hydrogens is 318 g/mol. The lowest BCUT2D eigenvalue weighted by atomic mass is 10.1. The first-order valence-electron chi connectivity index (χ1n) is 5.85. The van der Waals surface area contributed by atoms with Gasteiger partial charge in [0.1, 0.15) is 5.75 Å². The first-order chi connectivity index (χ1) is 8.63. The Balaban J connectivity index is 1.70. The maximum absolute atomic E-state index is 11.6. The minimum absolute atomic E-state index is 0.0417. The largest absolute Gasteiger partial charge is 0.484 e. The molecule has 1 aliphatic rings. The third-order valence-corrected chi connectivity index (χ3v) is 4.53. The first kappa shape index (κ1) is 13.7. The predicted octanol–water partition coefficient (Wildman–Crippen LogP) is 3.01. The van der Waals surface area contributed by atoms with Crippen LogP contribution in [0.2, 0.25) is 5.02 Å². The van der Waals surface area contributed by atoms with E-state index in [0.717, 1.165) is 11.9 Å². The molecule has 1 N–H and O–H groups in total. The van der Waals surface area contributed by atoms with Crippen molar-refractivity contribution in [3.05, 3.63) is 29.3 Å². The van der Waals surface area contributed by atoms with Crippen LogP contribution in [0.15, 0.2) is 24.3 Å². The second-order valence-corrected chi connectivity index (χ2v) is 5.65. The van der Waals surface area contributed by atoms with Gasteiger partial charge in [0, 0.05) is 16.9 Å². The van der Waals surface area contributed by atoms with Crippen molar-refractivity contribution >= 4 is 33.4 Å². The van der Waals surface area contributed by atoms with Crippen LogP contribution in [-0.2, 0) is 4.79 Å². The highest BCUT2D eigenvalue weighted by molar-refractivity contribution is 9.09. The Hall–Kier alpha value is -0.740. The van der Waals surface area contributed by atoms with Gasteiger partial charge in [-0.3, -0.25) is 4.79 Å². The van der Waals surface area contributed by atoms with Gasteiger partial charge in [-0.2, -0.15) is 0 Å². The van der Waals surface area contributed by atoms with Gasteiger partial charge >= 0.3 is 0 Å². The van der Waals surface area contributed by atoms with Gasteiger partial charge in [0.05, 0.1) is 0 Å². The summed E-state index contributed by atoms with van der Waals surface area (Å²) in [6, 6.07) is 6.96. The van der Waals surface area contributed by atoms with E-state index in [4.69, 9.17) is 16.3 Å². The van der Waals surface area contributed by atoms with E-state index in [1.807, 2.05) is 0 Å². The van der Waals surface area contributed by atoms with Gasteiger partial charge in [-0.05, 0) is 42.5 Å². The van der Waals surface area contributed by atoms with Crippen LogP contribution in [0.5, 0.6) is 5.75 Å². The summed E-state index contributed by atoms with van der Waals surface area (Å²) in [5.74, 6) is 0.563. The molecule has 5 heteroatoms. The van der Waals surface area contributed by atoms with E-state index in [1.54, 1.807) is 24.3 Å². The van der Waals surface area contributed by atoms with Crippen LogP contribution in [0, 0.1) is 5.41 Å². The summed E-state index contributed by atoms with van der Waals surface area (Å²) in [6.45, 7) is 0.765. The number of nitrogens with one attached hydrogen (secondary N) is 1. The van der Waals surface area contributed by atoms with E-state index >= 15 is 0 Å². The van der Waals surface area contributed by atoms with Crippen molar-refractivity contribution in [2.45, 2.75) is 12.8 Å². The van der Waals surface area contributed by atoms with Gasteiger partial charge < -0.3 is 10.1 Å². The highest BCUT2D eigenvalue weighted by atomic mass is 79.9. The van der Waals surface area contributed by atoms with Crippen LogP contribution in [0.1, 0.15) is 12.8 Å². The monoisotopic (exact) mass is 331 g/mol. The summed E-state index contributed by atoms with van der Waals surface area (Å²) in [7, 11) is 0. The van der Waals surface area contributed by atoms with Crippen LogP contribution in [-0.4, -0.2) is 24.4 Å². The molecule has 0 bridgehead atoms. The molecule has 98 valence electrons. The van der Waals surface area contributed by atoms with E-state index in [0.29, 0.717) is 10.8 Å². The summed E-state index contributed by atoms with van der Waals surface area (Å²) in [6.07, 6.45) is 2.35. The lowest BCUT2D eigenvalue weighted by molar-refractivity contribution is -0.123. The van der Waals surface area contributed by atoms with Gasteiger partial charge in [0.25, 0.3) is 5.91 Å². The molecule has 1 aliphatic carbocycles. The van der Waals surface area contributed by atoms with Gasteiger partial charge in [-0.15, -0.1) is 0 Å². The summed E-state index contributed by atoms with van der Waals surface area (Å²) in [5, 5.41) is 4.49. The zero-order valence-electron chi connectivity index (χ0n) is 9.92. The molecule has 2 rings (SSSR count). The standard InChI is InChI=1S/C13H15BrClNO2/c14-8-13(5-6-13)9-16-12(17)7-18-11-3-1-10(15)2-4-11/h1-4H,5-9H2,(H,16,17). The fourth-order valence-corrected chi connectivity index (χ4v) is 2.44. The first-order valence-corrected chi connectivity index (χ1v) is 7.35. The molecule has 0 spiro atoms. The fourth-order valence-electron chi connectivity index (χ4n) is 1.55. The van der Waals surface area contributed by atoms with Gasteiger partial charge in [-0.1, -0.05) is 27.5 Å². The predicted molar refractivity (Wildman–Crippen MR) is 75.4 cm³/mol. The molecule has 0 unspecified atom stereocenters. The molecule has 1 aromatic rings. The highest BCUT2D eigenvalue weighted by Crippen LogP contribution is 2.46. The summed E-state index contributed by atoms with van der Waals surface area (Å²) >= 11 is 9.23. The third kappa shape index (κ3) is 3.89. The van der Waals surface area contributed by atoms with Crippen molar-refractivity contribution in [1.29, 1.82) is 0 Å². The Labute approximate surface area is 120 Å². The van der Waals surface area contributed by atoms with Gasteiger partial charge in [0.2, 0.25) is 0 Å². The minimum atomic E-state index is -0.0859. The lowest BCUT2D eigenvalue weighted by Crippen LogP contribution is -2.34. The number of hydrogen-bond donors (Lipinski definition) is 1. The van der Waals surface area contributed by atoms with Crippen molar-refractivity contribution in [3.8, 4) is 5.75 Å². The Morgan fingerprint density at radius 2 is 2.06 bits per heavy atom. The molecule has 18 heavy (non-hydrogen) atoms. The van der Waals surface area contributed by atoms with Crippen LogP contribution in [0.25, 0.3) is 0 Å². The molecule has 0 heterocycles. The number of carbonyl (C=O) groups excluding carboxylic acids is 1. The zero-order valence-corrected chi connectivity index (χ0v) is 12.3. The third-order valence-electron chi connectivity index (χ3n) is 3.08. The van der Waals surface area contributed by atoms with E-state index in [9.17, 15) is 4.79 Å². The lowest BCUT2D eigenvalue weighted by Gasteiger charge is -2.13. The van der Waals surface area contributed by atoms with E-state index in [2.05, 4.69) is 21.2 Å². The molecule has 0 aliphatic heterocycles. The van der Waals surface area contributed by atoms with Crippen molar-refractivity contribution < 1.29 is 9.53 Å². The van der Waals surface area contributed by atoms with Crippen molar-refractivity contribution in [2.75, 3.05) is 18.5 Å². The number of rotatable bonds is 6. The molecule has 0 atom stereocenters. The number of halogens is 2. The van der Waals surface area contributed by atoms with Gasteiger partial charge in [0.15, 0.2) is 6.61 Å². The maximum atomic E-state index is 11.6. The molecule has 1 aromatic carbocycles. The Bertz CT molecular complexity index is 418. The Morgan fingerprint density at radius 1 is 1.39 bits per heavy atom. The molecule has 3 nitrogen and oxygen atoms in total. The smallest absolute Gasteiger partial charge is 0.257 e. The number of alkyl halides is 1. The summed E-state index contributed by atoms with van der Waals surface area (Å²) < 4.78 is 5.36. The molecule has 0 saturated heterocycles. The average molecular weight is 333 g/mol. The number of amides is 1. The van der Waals surface area contributed by atoms with Crippen LogP contribution in [0.3, 0.4) is 0 Å². The number of benzene rings is 1. The zero-order chi connectivity index (χ0) is 13.0. The van der Waals surface area contributed by atoms with Crippen molar-refractivity contribution in [1.82, 2.24) is 5.32 Å². The fraction of sp³-hybridized carbons (Fsp3) is 0.462. The maximum Gasteiger partial charge on any atom is 0.257 e. The van der Waals surface area contributed by atoms with Crippen molar-refractivity contribution in [3.63, 3.8) is 0 Å². The molecule has 1 saturated carbocycles. The Kier molecular flexibility index (Phi) is 4.51. The molecule has 1 amide bonds. The molecule has 0 aromatic heterocycles. The van der Waals surface area contributed by atoms with Crippen LogP contribution >= 0.6 is 27.5 Å². The normalized spacial score (nSPS) is 16.1. The van der Waals surface area contributed by atoms with Gasteiger partial charge in [-0.25, -0.2) is 0 Å². The molecule has 1 fully saturated rings. The number of ether oxygens (including phenoxy) is 1. The Morgan fingerprint density at radius 3 is 2.61 bits per heavy atom. The van der Waals surface area contributed by atoms with Crippen LogP contribution < -0.4 is 10.1 Å². The summed E-state index contributed by atoms with van der Waals surface area (Å²) in [4.78, 5) is 11.6. The minimum Gasteiger partial charge on any atom is -0.484 e. The second kappa shape index (κ2) is 5.93. The average Bonchev–Trinajstić information content (AvgIpc) is 3.16. The number of hydrogen-bond acceptors (Lipinski definition) is 2. The molecular formula is C13H15BrClNO2. The molecule has 0 radical (unpaired) electrons. The SMILES string of the molecule is O=C(COc1ccc(Cl)cc1)NCC1(CBr)CC1. The second-order valence-electron chi connectivity index (χ2n) is 4.65. The van der Waals surface area contributed by atoms with E-state index < -0.39 is 0 Å². The van der Waals surface area contributed by atoms with Crippen LogP contribution in [0.4, 0.5) is 0 Å².